The zero-order valence-corrected chi connectivity index (χ0v) is 27.1. The monoisotopic (exact) mass is 746 g/mol. The number of hydrogen-bond acceptors (Lipinski definition) is 10. The van der Waals surface area contributed by atoms with Crippen LogP contribution >= 0.6 is 0 Å². The summed E-state index contributed by atoms with van der Waals surface area (Å²) in [4.78, 5) is 0. The highest BCUT2D eigenvalue weighted by Gasteiger charge is 2.55. The predicted octanol–water partition coefficient (Wildman–Crippen LogP) is 5.37. The molecule has 3 aromatic carbocycles. The first kappa shape index (κ1) is 40.3. The van der Waals surface area contributed by atoms with Crippen molar-refractivity contribution in [2.45, 2.75) is 61.5 Å². The molecular formula is C30H32F6O11S2. The van der Waals surface area contributed by atoms with Gasteiger partial charge in [0.2, 0.25) is 0 Å². The Morgan fingerprint density at radius 1 is 0.653 bits per heavy atom. The van der Waals surface area contributed by atoms with Gasteiger partial charge in [-0.1, -0.05) is 91.0 Å². The lowest BCUT2D eigenvalue weighted by molar-refractivity contribution is -0.312. The van der Waals surface area contributed by atoms with E-state index >= 15 is 0 Å². The molecule has 5 atom stereocenters. The maximum atomic E-state index is 13.5. The second-order valence-corrected chi connectivity index (χ2v) is 13.2. The van der Waals surface area contributed by atoms with E-state index in [9.17, 15) is 34.8 Å². The van der Waals surface area contributed by atoms with E-state index in [0.717, 1.165) is 11.1 Å². The number of halogens is 6. The molecule has 49 heavy (non-hydrogen) atoms. The third kappa shape index (κ3) is 12.3. The molecule has 1 fully saturated rings. The van der Waals surface area contributed by atoms with E-state index in [-0.39, 0.29) is 26.4 Å². The Kier molecular flexibility index (Phi) is 14.5. The minimum absolute atomic E-state index is 0.0217. The Hall–Kier alpha value is -3.14. The normalized spacial score (nSPS) is 21.8. The van der Waals surface area contributed by atoms with E-state index in [1.54, 1.807) is 78.9 Å². The van der Waals surface area contributed by atoms with Gasteiger partial charge < -0.3 is 23.7 Å². The quantitative estimate of drug-likeness (QED) is 0.104. The molecule has 0 amide bonds. The van der Waals surface area contributed by atoms with Crippen molar-refractivity contribution < 1.29 is 75.6 Å². The zero-order chi connectivity index (χ0) is 36.3. The van der Waals surface area contributed by atoms with Gasteiger partial charge >= 0.3 is 31.3 Å². The fourth-order valence-electron chi connectivity index (χ4n) is 4.29. The van der Waals surface area contributed by atoms with E-state index < -0.39 is 62.0 Å². The average molecular weight is 747 g/mol. The van der Waals surface area contributed by atoms with Crippen LogP contribution in [0.3, 0.4) is 0 Å². The van der Waals surface area contributed by atoms with E-state index in [2.05, 4.69) is 0 Å². The van der Waals surface area contributed by atoms with Crippen molar-refractivity contribution in [1.82, 2.24) is 0 Å². The summed E-state index contributed by atoms with van der Waals surface area (Å²) in [5.41, 5.74) is -8.95. The Morgan fingerprint density at radius 3 is 1.45 bits per heavy atom. The molecule has 1 saturated heterocycles. The van der Waals surface area contributed by atoms with Gasteiger partial charge in [0, 0.05) is 7.11 Å². The smallest absolute Gasteiger partial charge is 0.374 e. The molecule has 4 rings (SSSR count). The Bertz CT molecular complexity index is 1630. The molecule has 1 N–H and O–H groups in total. The highest BCUT2D eigenvalue weighted by atomic mass is 32.2. The van der Waals surface area contributed by atoms with Crippen molar-refractivity contribution >= 4 is 20.2 Å². The van der Waals surface area contributed by atoms with Gasteiger partial charge in [-0.2, -0.15) is 43.2 Å². The van der Waals surface area contributed by atoms with Crippen LogP contribution < -0.4 is 0 Å². The van der Waals surface area contributed by atoms with Crippen LogP contribution in [0.5, 0.6) is 0 Å². The van der Waals surface area contributed by atoms with Crippen molar-refractivity contribution in [3.8, 4) is 0 Å². The number of rotatable bonds is 13. The van der Waals surface area contributed by atoms with Gasteiger partial charge in [-0.3, -0.25) is 8.74 Å². The van der Waals surface area contributed by atoms with Crippen molar-refractivity contribution in [2.75, 3.05) is 13.7 Å². The fourth-order valence-corrected chi connectivity index (χ4v) is 4.92. The lowest BCUT2D eigenvalue weighted by Crippen LogP contribution is -2.62. The second kappa shape index (κ2) is 17.7. The fraction of sp³-hybridized carbons (Fsp3) is 0.400. The standard InChI is InChI=1S/C29H31F3O8S.CHF3O3S/c1-35-28-27(38-19-23-15-9-4-10-16-23)26(37-18-22-13-7-3-8-14-22)25(40-41(33,34)29(30,31)32)24(39-28)20-36-17-21-11-5-2-6-12-21;2-1(3,4)8(5,6)7/h2-16,24-28H,17-20H2,1H3;(H,5,6,7)/t24-,25+,26+,27-,28+;/m1./s1. The van der Waals surface area contributed by atoms with Crippen LogP contribution in [0.4, 0.5) is 26.3 Å². The summed E-state index contributed by atoms with van der Waals surface area (Å²) in [6.45, 7) is -0.269. The number of methoxy groups -OCH3 is 1. The lowest BCUT2D eigenvalue weighted by atomic mass is 9.98. The van der Waals surface area contributed by atoms with E-state index in [1.165, 1.54) is 7.11 Å². The maximum absolute atomic E-state index is 13.5. The number of ether oxygens (including phenoxy) is 5. The molecule has 1 aliphatic heterocycles. The van der Waals surface area contributed by atoms with Gasteiger partial charge in [0.25, 0.3) is 0 Å². The van der Waals surface area contributed by atoms with Crippen molar-refractivity contribution in [1.29, 1.82) is 0 Å². The van der Waals surface area contributed by atoms with Gasteiger partial charge in [0.05, 0.1) is 26.4 Å². The topological polar surface area (TPSA) is 144 Å². The van der Waals surface area contributed by atoms with Crippen molar-refractivity contribution in [2.24, 2.45) is 0 Å². The molecule has 1 aliphatic rings. The van der Waals surface area contributed by atoms with E-state index in [4.69, 9.17) is 40.8 Å². The lowest BCUT2D eigenvalue weighted by Gasteiger charge is -2.45. The first-order valence-corrected chi connectivity index (χ1v) is 16.9. The number of hydrogen-bond donors (Lipinski definition) is 1. The maximum Gasteiger partial charge on any atom is 0.523 e. The number of benzene rings is 3. The van der Waals surface area contributed by atoms with Crippen LogP contribution in [0.15, 0.2) is 91.0 Å². The van der Waals surface area contributed by atoms with Gasteiger partial charge in [0.15, 0.2) is 6.29 Å². The first-order chi connectivity index (χ1) is 22.9. The Morgan fingerprint density at radius 2 is 1.06 bits per heavy atom. The summed E-state index contributed by atoms with van der Waals surface area (Å²) in [5, 5.41) is 0. The highest BCUT2D eigenvalue weighted by Crippen LogP contribution is 2.35. The second-order valence-electron chi connectivity index (χ2n) is 10.2. The third-order valence-corrected chi connectivity index (χ3v) is 8.23. The molecule has 0 bridgehead atoms. The SMILES string of the molecule is CO[C@H]1O[C@H](COCc2ccccc2)[C@H](OS(=O)(=O)C(F)(F)F)[C@H](OCc2ccccc2)[C@H]1OCc1ccccc1.O=S(=O)(O)C(F)(F)F. The Labute approximate surface area is 278 Å². The molecule has 0 radical (unpaired) electrons. The van der Waals surface area contributed by atoms with Crippen LogP contribution in [0, 0.1) is 0 Å². The molecule has 3 aromatic rings. The minimum atomic E-state index is -6.05. The molecule has 0 aromatic heterocycles. The summed E-state index contributed by atoms with van der Waals surface area (Å²) in [7, 11) is -10.5. The third-order valence-electron chi connectivity index (χ3n) is 6.60. The van der Waals surface area contributed by atoms with Crippen LogP contribution in [0.25, 0.3) is 0 Å². The van der Waals surface area contributed by atoms with Gasteiger partial charge in [-0.15, -0.1) is 0 Å². The summed E-state index contributed by atoms with van der Waals surface area (Å²) in [6, 6.07) is 26.9. The van der Waals surface area contributed by atoms with Gasteiger partial charge in [-0.05, 0) is 16.7 Å². The van der Waals surface area contributed by atoms with Gasteiger partial charge in [0.1, 0.15) is 24.4 Å². The van der Waals surface area contributed by atoms with Crippen LogP contribution in [-0.4, -0.2) is 76.8 Å². The van der Waals surface area contributed by atoms with Crippen LogP contribution in [0.1, 0.15) is 16.7 Å². The first-order valence-electron chi connectivity index (χ1n) is 14.1. The minimum Gasteiger partial charge on any atom is -0.374 e. The predicted molar refractivity (Wildman–Crippen MR) is 159 cm³/mol. The highest BCUT2D eigenvalue weighted by molar-refractivity contribution is 7.87. The molecule has 0 spiro atoms. The van der Waals surface area contributed by atoms with Crippen molar-refractivity contribution in [3.63, 3.8) is 0 Å². The summed E-state index contributed by atoms with van der Waals surface area (Å²) in [5.74, 6) is 0. The van der Waals surface area contributed by atoms with E-state index in [1.807, 2.05) is 12.1 Å². The molecule has 272 valence electrons. The van der Waals surface area contributed by atoms with Crippen LogP contribution in [-0.2, 0) is 67.9 Å². The van der Waals surface area contributed by atoms with Gasteiger partial charge in [-0.25, -0.2) is 0 Å². The number of alkyl halides is 6. The zero-order valence-electron chi connectivity index (χ0n) is 25.5. The molecule has 0 aliphatic carbocycles. The molecular weight excluding hydrogens is 714 g/mol. The average Bonchev–Trinajstić information content (AvgIpc) is 3.04. The summed E-state index contributed by atoms with van der Waals surface area (Å²) < 4.78 is 157. The molecule has 19 heteroatoms. The largest absolute Gasteiger partial charge is 0.523 e. The summed E-state index contributed by atoms with van der Waals surface area (Å²) in [6.07, 6.45) is -6.77. The summed E-state index contributed by atoms with van der Waals surface area (Å²) >= 11 is 0. The molecule has 0 saturated carbocycles. The molecule has 1 heterocycles. The Balaban J connectivity index is 0.000000723. The van der Waals surface area contributed by atoms with Crippen LogP contribution in [0.2, 0.25) is 0 Å². The van der Waals surface area contributed by atoms with Crippen molar-refractivity contribution in [3.05, 3.63) is 108 Å². The molecule has 11 nitrogen and oxygen atoms in total. The molecule has 0 unspecified atom stereocenters. The van der Waals surface area contributed by atoms with E-state index in [0.29, 0.717) is 5.56 Å².